The fraction of sp³-hybridized carbons (Fsp3) is 0.875. The zero-order valence-electron chi connectivity index (χ0n) is 15.9. The second-order valence-corrected chi connectivity index (χ2v) is 9.58. The lowest BCUT2D eigenvalue weighted by atomic mass is 10.1. The maximum atomic E-state index is 12.8. The van der Waals surface area contributed by atoms with Crippen LogP contribution in [0.1, 0.15) is 41.0 Å². The van der Waals surface area contributed by atoms with Gasteiger partial charge in [0.05, 0.1) is 37.4 Å². The van der Waals surface area contributed by atoms with Gasteiger partial charge in [0, 0.05) is 0 Å². The van der Waals surface area contributed by atoms with Crippen molar-refractivity contribution in [2.75, 3.05) is 12.9 Å². The lowest BCUT2D eigenvalue weighted by Gasteiger charge is -2.34. The van der Waals surface area contributed by atoms with E-state index in [1.54, 1.807) is 34.6 Å². The molecule has 2 aliphatic rings. The zero-order chi connectivity index (χ0) is 19.9. The summed E-state index contributed by atoms with van der Waals surface area (Å²) in [6.45, 7) is 8.31. The maximum absolute atomic E-state index is 12.8. The van der Waals surface area contributed by atoms with Crippen LogP contribution in [0, 0.1) is 11.3 Å². The van der Waals surface area contributed by atoms with Crippen LogP contribution in [0.2, 0.25) is 0 Å². The van der Waals surface area contributed by atoms with Crippen molar-refractivity contribution >= 4 is 16.2 Å². The Hall–Kier alpha value is -1.41. The minimum absolute atomic E-state index is 0.00474. The van der Waals surface area contributed by atoms with Gasteiger partial charge in [-0.05, 0) is 34.6 Å². The lowest BCUT2D eigenvalue weighted by Crippen LogP contribution is -2.50. The summed E-state index contributed by atoms with van der Waals surface area (Å²) >= 11 is 0. The van der Waals surface area contributed by atoms with Crippen LogP contribution in [0.5, 0.6) is 0 Å². The highest BCUT2D eigenvalue weighted by molar-refractivity contribution is 7.85. The molecule has 148 valence electrons. The van der Waals surface area contributed by atoms with Gasteiger partial charge in [0.2, 0.25) is 0 Å². The first-order chi connectivity index (χ1) is 11.7. The fourth-order valence-electron chi connectivity index (χ4n) is 3.24. The first-order valence-corrected chi connectivity index (χ1v) is 10.1. The average molecular weight is 390 g/mol. The highest BCUT2D eigenvalue weighted by Gasteiger charge is 2.60. The van der Waals surface area contributed by atoms with Crippen molar-refractivity contribution < 1.29 is 31.6 Å². The van der Waals surface area contributed by atoms with Crippen molar-refractivity contribution in [1.82, 2.24) is 4.90 Å². The third-order valence-electron chi connectivity index (χ3n) is 3.99. The van der Waals surface area contributed by atoms with E-state index >= 15 is 0 Å². The Morgan fingerprint density at radius 1 is 1.23 bits per heavy atom. The summed E-state index contributed by atoms with van der Waals surface area (Å²) in [7, 11) is -3.72. The Kier molecular flexibility index (Phi) is 5.59. The highest BCUT2D eigenvalue weighted by atomic mass is 32.2. The van der Waals surface area contributed by atoms with Crippen LogP contribution in [-0.2, 0) is 28.5 Å². The molecule has 0 aromatic carbocycles. The Balaban J connectivity index is 2.35. The number of nitrogens with zero attached hydrogens (tertiary/aromatic N) is 2. The predicted molar refractivity (Wildman–Crippen MR) is 90.5 cm³/mol. The third kappa shape index (κ3) is 4.85. The number of nitriles is 1. The summed E-state index contributed by atoms with van der Waals surface area (Å²) in [5.41, 5.74) is -0.755. The molecular formula is C16H26N2O7S. The molecule has 26 heavy (non-hydrogen) atoms. The molecule has 0 aromatic rings. The van der Waals surface area contributed by atoms with E-state index in [2.05, 4.69) is 0 Å². The molecule has 2 aliphatic heterocycles. The molecule has 0 aromatic heterocycles. The Morgan fingerprint density at radius 2 is 1.77 bits per heavy atom. The van der Waals surface area contributed by atoms with Gasteiger partial charge in [-0.25, -0.2) is 4.79 Å². The monoisotopic (exact) mass is 390 g/mol. The van der Waals surface area contributed by atoms with Gasteiger partial charge in [0.25, 0.3) is 10.1 Å². The van der Waals surface area contributed by atoms with Crippen molar-refractivity contribution in [3.63, 3.8) is 0 Å². The van der Waals surface area contributed by atoms with Crippen molar-refractivity contribution in [1.29, 1.82) is 5.26 Å². The third-order valence-corrected chi connectivity index (χ3v) is 4.56. The van der Waals surface area contributed by atoms with Crippen molar-refractivity contribution in [2.24, 2.45) is 0 Å². The first kappa shape index (κ1) is 20.9. The van der Waals surface area contributed by atoms with E-state index < -0.39 is 51.9 Å². The molecule has 0 aliphatic carbocycles. The fourth-order valence-corrected chi connectivity index (χ4v) is 3.62. The molecule has 0 saturated carbocycles. The van der Waals surface area contributed by atoms with Crippen molar-refractivity contribution in [3.8, 4) is 6.07 Å². The standard InChI is InChI=1S/C16H26N2O7S/c1-15(2,3)25-14(19)18-10(7-8-17)12-13(24-16(4,5)23-12)11(18)9-22-26(6,20)21/h10-13H,7,9H2,1-6H3/t10-,11+,12-,13+/m0/s1. The zero-order valence-corrected chi connectivity index (χ0v) is 16.7. The molecule has 2 saturated heterocycles. The van der Waals surface area contributed by atoms with E-state index in [1.807, 2.05) is 6.07 Å². The number of hydrogen-bond acceptors (Lipinski definition) is 8. The van der Waals surface area contributed by atoms with Crippen molar-refractivity contribution in [2.45, 2.75) is 76.7 Å². The Morgan fingerprint density at radius 3 is 2.23 bits per heavy atom. The molecule has 2 fully saturated rings. The SMILES string of the molecule is CC(C)(C)OC(=O)N1[C@H](COS(C)(=O)=O)[C@H]2OC(C)(C)O[C@H]2[C@@H]1CC#N. The summed E-state index contributed by atoms with van der Waals surface area (Å²) in [6.07, 6.45) is -0.947. The van der Waals surface area contributed by atoms with Crippen LogP contribution in [0.3, 0.4) is 0 Å². The number of likely N-dealkylation sites (tertiary alicyclic amines) is 1. The molecule has 0 spiro atoms. The van der Waals surface area contributed by atoms with Crippen LogP contribution in [0.15, 0.2) is 0 Å². The summed E-state index contributed by atoms with van der Waals surface area (Å²) in [5, 5.41) is 9.20. The van der Waals surface area contributed by atoms with E-state index in [-0.39, 0.29) is 13.0 Å². The first-order valence-electron chi connectivity index (χ1n) is 8.32. The summed E-state index contributed by atoms with van der Waals surface area (Å²) in [4.78, 5) is 14.1. The molecule has 2 heterocycles. The number of rotatable bonds is 4. The van der Waals surface area contributed by atoms with E-state index in [0.717, 1.165) is 6.26 Å². The molecule has 0 radical (unpaired) electrons. The number of carbonyl (C=O) groups is 1. The van der Waals surface area contributed by atoms with Crippen molar-refractivity contribution in [3.05, 3.63) is 0 Å². The highest BCUT2D eigenvalue weighted by Crippen LogP contribution is 2.42. The van der Waals surface area contributed by atoms with E-state index in [1.165, 1.54) is 4.90 Å². The molecule has 0 unspecified atom stereocenters. The molecule has 2 rings (SSSR count). The largest absolute Gasteiger partial charge is 0.444 e. The smallest absolute Gasteiger partial charge is 0.411 e. The van der Waals surface area contributed by atoms with Gasteiger partial charge in [-0.1, -0.05) is 0 Å². The second-order valence-electron chi connectivity index (χ2n) is 7.94. The molecule has 10 heteroatoms. The number of amides is 1. The molecule has 9 nitrogen and oxygen atoms in total. The molecular weight excluding hydrogens is 364 g/mol. The van der Waals surface area contributed by atoms with Crippen LogP contribution in [-0.4, -0.2) is 68.0 Å². The number of fused-ring (bicyclic) bond motifs is 1. The minimum Gasteiger partial charge on any atom is -0.444 e. The average Bonchev–Trinajstić information content (AvgIpc) is 2.86. The summed E-state index contributed by atoms with van der Waals surface area (Å²) in [6, 6.07) is 0.657. The van der Waals surface area contributed by atoms with Gasteiger partial charge in [-0.2, -0.15) is 13.7 Å². The topological polar surface area (TPSA) is 115 Å². The maximum Gasteiger partial charge on any atom is 0.411 e. The van der Waals surface area contributed by atoms with Gasteiger partial charge in [0.15, 0.2) is 5.79 Å². The normalized spacial score (nSPS) is 30.7. The molecule has 0 bridgehead atoms. The van der Waals surface area contributed by atoms with Crippen LogP contribution in [0.25, 0.3) is 0 Å². The van der Waals surface area contributed by atoms with Gasteiger partial charge in [-0.15, -0.1) is 0 Å². The van der Waals surface area contributed by atoms with Crippen LogP contribution >= 0.6 is 0 Å². The predicted octanol–water partition coefficient (Wildman–Crippen LogP) is 1.38. The minimum atomic E-state index is -3.72. The van der Waals surface area contributed by atoms with Gasteiger partial charge < -0.3 is 14.2 Å². The van der Waals surface area contributed by atoms with E-state index in [4.69, 9.17) is 18.4 Å². The van der Waals surface area contributed by atoms with Crippen LogP contribution < -0.4 is 0 Å². The summed E-state index contributed by atoms with van der Waals surface area (Å²) < 4.78 is 45.0. The number of ether oxygens (including phenoxy) is 3. The quantitative estimate of drug-likeness (QED) is 0.661. The summed E-state index contributed by atoms with van der Waals surface area (Å²) in [5.74, 6) is -0.910. The van der Waals surface area contributed by atoms with E-state index in [0.29, 0.717) is 0 Å². The number of hydrogen-bond donors (Lipinski definition) is 0. The molecule has 1 amide bonds. The number of carbonyl (C=O) groups excluding carboxylic acids is 1. The second kappa shape index (κ2) is 6.96. The van der Waals surface area contributed by atoms with Gasteiger partial charge in [0.1, 0.15) is 17.8 Å². The van der Waals surface area contributed by atoms with Gasteiger partial charge in [-0.3, -0.25) is 9.08 Å². The van der Waals surface area contributed by atoms with Gasteiger partial charge >= 0.3 is 6.09 Å². The molecule has 0 N–H and O–H groups in total. The molecule has 4 atom stereocenters. The van der Waals surface area contributed by atoms with Crippen LogP contribution in [0.4, 0.5) is 4.79 Å². The Labute approximate surface area is 154 Å². The van der Waals surface area contributed by atoms with E-state index in [9.17, 15) is 18.5 Å². The lowest BCUT2D eigenvalue weighted by molar-refractivity contribution is -0.167. The Bertz CT molecular complexity index is 692.